The molecule has 0 aliphatic heterocycles. The minimum Gasteiger partial charge on any atom is -0.493 e. The molecule has 112 valence electrons. The van der Waals surface area contributed by atoms with Crippen molar-refractivity contribution in [2.45, 2.75) is 20.3 Å². The number of thiazole rings is 1. The molecular formula is C15H19N3O2S. The van der Waals surface area contributed by atoms with Crippen LogP contribution >= 0.6 is 11.3 Å². The fourth-order valence-corrected chi connectivity index (χ4v) is 2.83. The van der Waals surface area contributed by atoms with Crippen LogP contribution in [-0.4, -0.2) is 24.5 Å². The van der Waals surface area contributed by atoms with Crippen LogP contribution in [0.1, 0.15) is 23.9 Å². The van der Waals surface area contributed by atoms with E-state index in [1.807, 2.05) is 25.1 Å². The van der Waals surface area contributed by atoms with Gasteiger partial charge < -0.3 is 15.2 Å². The quantitative estimate of drug-likeness (QED) is 0.634. The van der Waals surface area contributed by atoms with Crippen LogP contribution in [-0.2, 0) is 0 Å². The second-order valence-electron chi connectivity index (χ2n) is 4.56. The highest BCUT2D eigenvalue weighted by Crippen LogP contribution is 2.35. The molecule has 6 heteroatoms. The number of aromatic nitrogens is 1. The molecule has 0 fully saturated rings. The number of aryl methyl sites for hydroxylation is 1. The maximum atomic E-state index is 7.55. The van der Waals surface area contributed by atoms with Crippen LogP contribution in [0.5, 0.6) is 11.5 Å². The van der Waals surface area contributed by atoms with E-state index in [0.717, 1.165) is 22.7 Å². The third kappa shape index (κ3) is 3.33. The van der Waals surface area contributed by atoms with E-state index in [4.69, 9.17) is 20.6 Å². The first kappa shape index (κ1) is 15.3. The number of nitrogen functional groups attached to an aromatic ring is 1. The molecular weight excluding hydrogens is 286 g/mol. The molecule has 0 amide bonds. The zero-order valence-corrected chi connectivity index (χ0v) is 13.2. The summed E-state index contributed by atoms with van der Waals surface area (Å²) in [6.07, 6.45) is 0.929. The monoisotopic (exact) mass is 305 g/mol. The Morgan fingerprint density at radius 3 is 2.71 bits per heavy atom. The Bertz CT molecular complexity index is 652. The van der Waals surface area contributed by atoms with Crippen molar-refractivity contribution in [1.29, 1.82) is 5.41 Å². The maximum Gasteiger partial charge on any atom is 0.161 e. The lowest BCUT2D eigenvalue weighted by atomic mass is 10.2. The standard InChI is InChI=1S/C15H19N3O2S/c1-4-7-20-12-8-10(5-6-11(12)19-3)15-18-9(2)13(21-15)14(16)17/h5-6,8H,4,7H2,1-3H3,(H3,16,17). The van der Waals surface area contributed by atoms with Gasteiger partial charge in [0.2, 0.25) is 0 Å². The fraction of sp³-hybridized carbons (Fsp3) is 0.333. The summed E-state index contributed by atoms with van der Waals surface area (Å²) >= 11 is 1.41. The number of methoxy groups -OCH3 is 1. The van der Waals surface area contributed by atoms with Gasteiger partial charge in [-0.15, -0.1) is 11.3 Å². The Labute approximate surface area is 128 Å². The van der Waals surface area contributed by atoms with Crippen molar-refractivity contribution in [3.63, 3.8) is 0 Å². The van der Waals surface area contributed by atoms with Crippen molar-refractivity contribution in [2.75, 3.05) is 13.7 Å². The number of benzene rings is 1. The molecule has 0 aliphatic carbocycles. The van der Waals surface area contributed by atoms with Crippen molar-refractivity contribution in [3.05, 3.63) is 28.8 Å². The number of nitrogens with two attached hydrogens (primary N) is 1. The topological polar surface area (TPSA) is 81.2 Å². The minimum absolute atomic E-state index is 0.0484. The summed E-state index contributed by atoms with van der Waals surface area (Å²) in [7, 11) is 1.62. The second-order valence-corrected chi connectivity index (χ2v) is 5.56. The van der Waals surface area contributed by atoms with Crippen LogP contribution in [0.15, 0.2) is 18.2 Å². The average molecular weight is 305 g/mol. The molecule has 0 unspecified atom stereocenters. The average Bonchev–Trinajstić information content (AvgIpc) is 2.87. The summed E-state index contributed by atoms with van der Waals surface area (Å²) in [5.74, 6) is 1.45. The minimum atomic E-state index is 0.0484. The fourth-order valence-electron chi connectivity index (χ4n) is 1.90. The molecule has 0 spiro atoms. The van der Waals surface area contributed by atoms with E-state index in [1.165, 1.54) is 11.3 Å². The number of amidine groups is 1. The number of rotatable bonds is 6. The summed E-state index contributed by atoms with van der Waals surface area (Å²) in [5.41, 5.74) is 7.26. The van der Waals surface area contributed by atoms with E-state index in [2.05, 4.69) is 11.9 Å². The van der Waals surface area contributed by atoms with E-state index in [-0.39, 0.29) is 5.84 Å². The molecule has 1 aromatic carbocycles. The van der Waals surface area contributed by atoms with Gasteiger partial charge >= 0.3 is 0 Å². The molecule has 2 rings (SSSR count). The first-order chi connectivity index (χ1) is 10.1. The Morgan fingerprint density at radius 2 is 2.14 bits per heavy atom. The first-order valence-corrected chi connectivity index (χ1v) is 7.51. The molecule has 1 heterocycles. The van der Waals surface area contributed by atoms with Gasteiger partial charge in [-0.05, 0) is 31.5 Å². The van der Waals surface area contributed by atoms with E-state index in [1.54, 1.807) is 7.11 Å². The predicted octanol–water partition coefficient (Wildman–Crippen LogP) is 3.20. The van der Waals surface area contributed by atoms with Gasteiger partial charge in [-0.1, -0.05) is 6.92 Å². The van der Waals surface area contributed by atoms with Crippen LogP contribution in [0.2, 0.25) is 0 Å². The molecule has 0 saturated carbocycles. The summed E-state index contributed by atoms with van der Waals surface area (Å²) in [6, 6.07) is 5.71. The van der Waals surface area contributed by atoms with Crippen LogP contribution in [0, 0.1) is 12.3 Å². The lowest BCUT2D eigenvalue weighted by Crippen LogP contribution is -2.10. The molecule has 21 heavy (non-hydrogen) atoms. The van der Waals surface area contributed by atoms with Gasteiger partial charge in [-0.2, -0.15) is 0 Å². The molecule has 0 aliphatic rings. The van der Waals surface area contributed by atoms with Gasteiger partial charge in [0.05, 0.1) is 24.3 Å². The van der Waals surface area contributed by atoms with E-state index in [0.29, 0.717) is 23.0 Å². The third-order valence-electron chi connectivity index (χ3n) is 2.91. The number of ether oxygens (including phenoxy) is 2. The normalized spacial score (nSPS) is 10.4. The van der Waals surface area contributed by atoms with Gasteiger partial charge in [0, 0.05) is 5.56 Å². The maximum absolute atomic E-state index is 7.55. The highest BCUT2D eigenvalue weighted by atomic mass is 32.1. The zero-order valence-electron chi connectivity index (χ0n) is 12.4. The Kier molecular flexibility index (Phi) is 4.80. The SMILES string of the molecule is CCCOc1cc(-c2nc(C)c(C(=N)N)s2)ccc1OC. The molecule has 2 aromatic rings. The van der Waals surface area contributed by atoms with Crippen LogP contribution < -0.4 is 15.2 Å². The molecule has 0 bridgehead atoms. The first-order valence-electron chi connectivity index (χ1n) is 6.69. The van der Waals surface area contributed by atoms with E-state index in [9.17, 15) is 0 Å². The van der Waals surface area contributed by atoms with E-state index < -0.39 is 0 Å². The van der Waals surface area contributed by atoms with Crippen molar-refractivity contribution >= 4 is 17.2 Å². The predicted molar refractivity (Wildman–Crippen MR) is 85.6 cm³/mol. The van der Waals surface area contributed by atoms with Gasteiger partial charge in [0.15, 0.2) is 11.5 Å². The largest absolute Gasteiger partial charge is 0.493 e. The van der Waals surface area contributed by atoms with Crippen LogP contribution in [0.25, 0.3) is 10.6 Å². The van der Waals surface area contributed by atoms with Crippen molar-refractivity contribution in [3.8, 4) is 22.1 Å². The summed E-state index contributed by atoms with van der Waals surface area (Å²) < 4.78 is 11.0. The van der Waals surface area contributed by atoms with Crippen molar-refractivity contribution < 1.29 is 9.47 Å². The summed E-state index contributed by atoms with van der Waals surface area (Å²) in [6.45, 7) is 4.55. The van der Waals surface area contributed by atoms with Gasteiger partial charge in [0.1, 0.15) is 10.8 Å². The molecule has 0 radical (unpaired) electrons. The highest BCUT2D eigenvalue weighted by Gasteiger charge is 2.14. The molecule has 3 N–H and O–H groups in total. The summed E-state index contributed by atoms with van der Waals surface area (Å²) in [5, 5.41) is 8.37. The zero-order chi connectivity index (χ0) is 15.4. The summed E-state index contributed by atoms with van der Waals surface area (Å²) in [4.78, 5) is 5.19. The second kappa shape index (κ2) is 6.58. The lowest BCUT2D eigenvalue weighted by Gasteiger charge is -2.10. The van der Waals surface area contributed by atoms with E-state index >= 15 is 0 Å². The molecule has 0 atom stereocenters. The molecule has 1 aromatic heterocycles. The Morgan fingerprint density at radius 1 is 1.38 bits per heavy atom. The van der Waals surface area contributed by atoms with Gasteiger partial charge in [-0.3, -0.25) is 5.41 Å². The molecule has 5 nitrogen and oxygen atoms in total. The number of nitrogens with one attached hydrogen (secondary N) is 1. The number of hydrogen-bond donors (Lipinski definition) is 2. The smallest absolute Gasteiger partial charge is 0.161 e. The van der Waals surface area contributed by atoms with Gasteiger partial charge in [-0.25, -0.2) is 4.98 Å². The number of nitrogens with zero attached hydrogens (tertiary/aromatic N) is 1. The van der Waals surface area contributed by atoms with Crippen molar-refractivity contribution in [1.82, 2.24) is 4.98 Å². The molecule has 0 saturated heterocycles. The third-order valence-corrected chi connectivity index (χ3v) is 4.15. The van der Waals surface area contributed by atoms with Crippen LogP contribution in [0.4, 0.5) is 0 Å². The van der Waals surface area contributed by atoms with Gasteiger partial charge in [0.25, 0.3) is 0 Å². The number of hydrogen-bond acceptors (Lipinski definition) is 5. The van der Waals surface area contributed by atoms with Crippen molar-refractivity contribution in [2.24, 2.45) is 5.73 Å². The lowest BCUT2D eigenvalue weighted by molar-refractivity contribution is 0.294. The highest BCUT2D eigenvalue weighted by molar-refractivity contribution is 7.17. The van der Waals surface area contributed by atoms with Crippen LogP contribution in [0.3, 0.4) is 0 Å². The Balaban J connectivity index is 2.39. The Hall–Kier alpha value is -2.08.